The van der Waals surface area contributed by atoms with Crippen molar-refractivity contribution in [2.45, 2.75) is 6.04 Å². The Balaban J connectivity index is 0.00000160. The van der Waals surface area contributed by atoms with Crippen molar-refractivity contribution >= 4 is 43.1 Å². The van der Waals surface area contributed by atoms with Crippen molar-refractivity contribution in [3.8, 4) is 0 Å². The summed E-state index contributed by atoms with van der Waals surface area (Å²) in [5.41, 5.74) is 2.63. The highest BCUT2D eigenvalue weighted by Crippen LogP contribution is 2.29. The summed E-state index contributed by atoms with van der Waals surface area (Å²) in [4.78, 5) is 19.6. The van der Waals surface area contributed by atoms with Crippen LogP contribution in [0.3, 0.4) is 0 Å². The number of hydrogen-bond donors (Lipinski definition) is 1. The lowest BCUT2D eigenvalue weighted by Gasteiger charge is -2.40. The predicted molar refractivity (Wildman–Crippen MR) is 134 cm³/mol. The van der Waals surface area contributed by atoms with E-state index < -0.39 is 0 Å². The number of halogens is 3. The molecule has 4 rings (SSSR count). The highest BCUT2D eigenvalue weighted by Gasteiger charge is 2.28. The van der Waals surface area contributed by atoms with Gasteiger partial charge in [0.25, 0.3) is 0 Å². The first-order chi connectivity index (χ1) is 13.8. The van der Waals surface area contributed by atoms with Gasteiger partial charge in [-0.3, -0.25) is 14.6 Å². The third kappa shape index (κ3) is 7.35. The van der Waals surface area contributed by atoms with Gasteiger partial charge >= 0.3 is 0 Å². The van der Waals surface area contributed by atoms with Crippen molar-refractivity contribution in [3.05, 3.63) is 71.8 Å². The number of nitrogens with one attached hydrogen (secondary N) is 1. The molecule has 1 amide bonds. The molecule has 2 heterocycles. The monoisotopic (exact) mass is 486 g/mol. The number of benzene rings is 2. The minimum absolute atomic E-state index is 0. The smallest absolute Gasteiger partial charge is 0.236 e. The molecule has 2 aromatic carbocycles. The molecule has 172 valence electrons. The molecular weight excluding hydrogens is 455 g/mol. The molecule has 5 nitrogen and oxygen atoms in total. The van der Waals surface area contributed by atoms with Crippen LogP contribution in [0.4, 0.5) is 0 Å². The van der Waals surface area contributed by atoms with E-state index >= 15 is 0 Å². The number of carbonyl (C=O) groups is 1. The summed E-state index contributed by atoms with van der Waals surface area (Å²) in [5, 5.41) is 3.34. The van der Waals surface area contributed by atoms with E-state index in [1.807, 2.05) is 4.90 Å². The highest BCUT2D eigenvalue weighted by molar-refractivity contribution is 5.86. The molecule has 0 atom stereocenters. The number of nitrogens with zero attached hydrogens (tertiary/aromatic N) is 3. The topological polar surface area (TPSA) is 38.8 Å². The summed E-state index contributed by atoms with van der Waals surface area (Å²) in [7, 11) is 0. The largest absolute Gasteiger partial charge is 0.339 e. The Morgan fingerprint density at radius 1 is 0.742 bits per heavy atom. The van der Waals surface area contributed by atoms with Crippen LogP contribution in [0.25, 0.3) is 0 Å². The fourth-order valence-corrected chi connectivity index (χ4v) is 4.27. The van der Waals surface area contributed by atoms with Gasteiger partial charge in [0.15, 0.2) is 0 Å². The molecule has 0 unspecified atom stereocenters. The van der Waals surface area contributed by atoms with Gasteiger partial charge in [-0.25, -0.2) is 0 Å². The average molecular weight is 488 g/mol. The summed E-state index contributed by atoms with van der Waals surface area (Å²) >= 11 is 0. The molecule has 2 aliphatic rings. The van der Waals surface area contributed by atoms with E-state index in [1.165, 1.54) is 11.1 Å². The SMILES string of the molecule is Cl.Cl.Cl.O=C(CN1CCNCC1)N1CCN(C(c2ccccc2)c2ccccc2)CC1. The number of piperazine rings is 2. The standard InChI is InChI=1S/C23H30N4O.3ClH/c28-22(19-25-13-11-24-12-14-25)26-15-17-27(18-16-26)23(20-7-3-1-4-8-20)21-9-5-2-6-10-21;;;/h1-10,23-24H,11-19H2;3*1H. The molecule has 8 heteroatoms. The highest BCUT2D eigenvalue weighted by atomic mass is 35.5. The molecule has 0 aliphatic carbocycles. The Labute approximate surface area is 204 Å². The van der Waals surface area contributed by atoms with E-state index in [0.717, 1.165) is 52.4 Å². The quantitative estimate of drug-likeness (QED) is 0.703. The van der Waals surface area contributed by atoms with Crippen LogP contribution in [0.15, 0.2) is 60.7 Å². The second kappa shape index (κ2) is 13.9. The van der Waals surface area contributed by atoms with Gasteiger partial charge in [0.05, 0.1) is 12.6 Å². The van der Waals surface area contributed by atoms with Gasteiger partial charge in [0.1, 0.15) is 0 Å². The summed E-state index contributed by atoms with van der Waals surface area (Å²) in [6.07, 6.45) is 0. The zero-order valence-electron chi connectivity index (χ0n) is 17.7. The van der Waals surface area contributed by atoms with Crippen molar-refractivity contribution in [3.63, 3.8) is 0 Å². The molecule has 2 aromatic rings. The first-order valence-electron chi connectivity index (χ1n) is 10.4. The predicted octanol–water partition coefficient (Wildman–Crippen LogP) is 3.09. The fraction of sp³-hybridized carbons (Fsp3) is 0.435. The van der Waals surface area contributed by atoms with Crippen LogP contribution >= 0.6 is 37.2 Å². The average Bonchev–Trinajstić information content (AvgIpc) is 2.77. The Hall–Kier alpha value is -1.34. The van der Waals surface area contributed by atoms with Crippen molar-refractivity contribution in [1.29, 1.82) is 0 Å². The number of carbonyl (C=O) groups excluding carboxylic acids is 1. The third-order valence-electron chi connectivity index (χ3n) is 5.83. The Morgan fingerprint density at radius 2 is 1.23 bits per heavy atom. The zero-order chi connectivity index (χ0) is 19.2. The second-order valence-electron chi connectivity index (χ2n) is 7.67. The molecule has 0 bridgehead atoms. The van der Waals surface area contributed by atoms with Crippen LogP contribution in [-0.2, 0) is 4.79 Å². The van der Waals surface area contributed by atoms with Crippen LogP contribution in [-0.4, -0.2) is 79.5 Å². The first-order valence-corrected chi connectivity index (χ1v) is 10.4. The van der Waals surface area contributed by atoms with Crippen LogP contribution in [0.2, 0.25) is 0 Å². The maximum Gasteiger partial charge on any atom is 0.236 e. The van der Waals surface area contributed by atoms with Crippen LogP contribution in [0.5, 0.6) is 0 Å². The molecule has 0 spiro atoms. The Bertz CT molecular complexity index is 712. The number of amides is 1. The maximum atomic E-state index is 12.7. The lowest BCUT2D eigenvalue weighted by molar-refractivity contribution is -0.134. The molecule has 0 aromatic heterocycles. The fourth-order valence-electron chi connectivity index (χ4n) is 4.27. The van der Waals surface area contributed by atoms with E-state index in [9.17, 15) is 4.79 Å². The molecule has 0 saturated carbocycles. The lowest BCUT2D eigenvalue weighted by atomic mass is 9.96. The van der Waals surface area contributed by atoms with Gasteiger partial charge < -0.3 is 10.2 Å². The molecule has 1 N–H and O–H groups in total. The Morgan fingerprint density at radius 3 is 1.71 bits per heavy atom. The van der Waals surface area contributed by atoms with Gasteiger partial charge in [0, 0.05) is 52.4 Å². The molecule has 2 saturated heterocycles. The normalized spacial score (nSPS) is 17.3. The maximum absolute atomic E-state index is 12.7. The summed E-state index contributed by atoms with van der Waals surface area (Å²) in [6, 6.07) is 21.6. The molecule has 0 radical (unpaired) electrons. The van der Waals surface area contributed by atoms with Crippen molar-refractivity contribution < 1.29 is 4.79 Å². The van der Waals surface area contributed by atoms with Gasteiger partial charge in [-0.2, -0.15) is 0 Å². The van der Waals surface area contributed by atoms with Crippen molar-refractivity contribution in [2.24, 2.45) is 0 Å². The van der Waals surface area contributed by atoms with E-state index in [0.29, 0.717) is 6.54 Å². The van der Waals surface area contributed by atoms with Gasteiger partial charge in [-0.05, 0) is 11.1 Å². The van der Waals surface area contributed by atoms with E-state index in [4.69, 9.17) is 0 Å². The zero-order valence-corrected chi connectivity index (χ0v) is 20.1. The van der Waals surface area contributed by atoms with Gasteiger partial charge in [-0.1, -0.05) is 60.7 Å². The van der Waals surface area contributed by atoms with E-state index in [1.54, 1.807) is 0 Å². The first kappa shape index (κ1) is 27.7. The summed E-state index contributed by atoms with van der Waals surface area (Å²) < 4.78 is 0. The molecule has 2 aliphatic heterocycles. The van der Waals surface area contributed by atoms with Crippen LogP contribution in [0.1, 0.15) is 17.2 Å². The lowest BCUT2D eigenvalue weighted by Crippen LogP contribution is -2.53. The summed E-state index contributed by atoms with van der Waals surface area (Å²) in [5.74, 6) is 0.275. The molecular formula is C23H33Cl3N4O. The van der Waals surface area contributed by atoms with Crippen molar-refractivity contribution in [2.75, 3.05) is 58.9 Å². The van der Waals surface area contributed by atoms with Crippen LogP contribution in [0, 0.1) is 0 Å². The van der Waals surface area contributed by atoms with Gasteiger partial charge in [0.2, 0.25) is 5.91 Å². The Kier molecular flexibility index (Phi) is 12.5. The van der Waals surface area contributed by atoms with E-state index in [-0.39, 0.29) is 49.2 Å². The van der Waals surface area contributed by atoms with E-state index in [2.05, 4.69) is 75.8 Å². The minimum Gasteiger partial charge on any atom is -0.339 e. The molecule has 2 fully saturated rings. The number of rotatable bonds is 5. The minimum atomic E-state index is 0. The second-order valence-corrected chi connectivity index (χ2v) is 7.67. The number of hydrogen-bond acceptors (Lipinski definition) is 4. The third-order valence-corrected chi connectivity index (χ3v) is 5.83. The van der Waals surface area contributed by atoms with Gasteiger partial charge in [-0.15, -0.1) is 37.2 Å². The van der Waals surface area contributed by atoms with Crippen LogP contribution < -0.4 is 5.32 Å². The van der Waals surface area contributed by atoms with Crippen molar-refractivity contribution in [1.82, 2.24) is 20.0 Å². The summed E-state index contributed by atoms with van der Waals surface area (Å²) in [6.45, 7) is 7.88. The molecule has 31 heavy (non-hydrogen) atoms.